The molecule has 1 aliphatic rings. The van der Waals surface area contributed by atoms with Crippen molar-refractivity contribution in [2.75, 3.05) is 12.3 Å². The second kappa shape index (κ2) is 5.91. The van der Waals surface area contributed by atoms with Gasteiger partial charge in [0.25, 0.3) is 5.56 Å². The minimum absolute atomic E-state index is 0.147. The van der Waals surface area contributed by atoms with Crippen LogP contribution < -0.4 is 11.3 Å². The van der Waals surface area contributed by atoms with Crippen LogP contribution >= 0.6 is 23.2 Å². The third-order valence-corrected chi connectivity index (χ3v) is 4.37. The number of nitrogen functional groups attached to an aromatic ring is 1. The molecule has 3 heterocycles. The lowest BCUT2D eigenvalue weighted by atomic mass is 9.99. The van der Waals surface area contributed by atoms with E-state index in [1.54, 1.807) is 0 Å². The van der Waals surface area contributed by atoms with Gasteiger partial charge in [-0.25, -0.2) is 4.39 Å². The first-order chi connectivity index (χ1) is 11.3. The summed E-state index contributed by atoms with van der Waals surface area (Å²) in [7, 11) is 0. The number of aromatic nitrogens is 3. The van der Waals surface area contributed by atoms with Crippen molar-refractivity contribution in [3.63, 3.8) is 0 Å². The zero-order valence-electron chi connectivity index (χ0n) is 11.8. The number of aliphatic hydroxyl groups is 2. The van der Waals surface area contributed by atoms with Crippen molar-refractivity contribution >= 4 is 40.2 Å². The van der Waals surface area contributed by atoms with E-state index >= 15 is 0 Å². The summed E-state index contributed by atoms with van der Waals surface area (Å²) in [6.07, 6.45) is -2.88. The Kier molecular flexibility index (Phi) is 4.19. The van der Waals surface area contributed by atoms with Crippen LogP contribution in [0.2, 0.25) is 0 Å². The molecule has 5 N–H and O–H groups in total. The summed E-state index contributed by atoms with van der Waals surface area (Å²) in [6, 6.07) is 0. The van der Waals surface area contributed by atoms with Gasteiger partial charge in [-0.3, -0.25) is 14.3 Å². The lowest BCUT2D eigenvalue weighted by molar-refractivity contribution is -0.0436. The van der Waals surface area contributed by atoms with Gasteiger partial charge >= 0.3 is 0 Å². The van der Waals surface area contributed by atoms with Crippen molar-refractivity contribution in [3.05, 3.63) is 22.4 Å². The molecular weight excluding hydrogens is 366 g/mol. The molecule has 24 heavy (non-hydrogen) atoms. The monoisotopic (exact) mass is 376 g/mol. The van der Waals surface area contributed by atoms with Crippen LogP contribution in [0.1, 0.15) is 6.23 Å². The van der Waals surface area contributed by atoms with E-state index in [4.69, 9.17) is 33.7 Å². The van der Waals surface area contributed by atoms with Crippen LogP contribution in [0.4, 0.5) is 10.3 Å². The lowest BCUT2D eigenvalue weighted by Gasteiger charge is -2.25. The Balaban J connectivity index is 2.26. The fourth-order valence-corrected chi connectivity index (χ4v) is 3.23. The number of anilines is 1. The minimum Gasteiger partial charge on any atom is -0.394 e. The van der Waals surface area contributed by atoms with E-state index < -0.39 is 41.3 Å². The molecule has 1 aliphatic heterocycles. The summed E-state index contributed by atoms with van der Waals surface area (Å²) in [5.41, 5.74) is 4.56. The van der Waals surface area contributed by atoms with Crippen molar-refractivity contribution in [3.8, 4) is 11.3 Å². The highest BCUT2D eigenvalue weighted by Gasteiger charge is 2.56. The van der Waals surface area contributed by atoms with Gasteiger partial charge < -0.3 is 20.7 Å². The first kappa shape index (κ1) is 17.0. The molecule has 0 saturated carbocycles. The number of alkyl halides is 1. The summed E-state index contributed by atoms with van der Waals surface area (Å²) >= 11 is 11.8. The van der Waals surface area contributed by atoms with Gasteiger partial charge in [-0.05, 0) is 11.6 Å². The third kappa shape index (κ3) is 2.35. The number of ether oxygens (including phenoxy) is 1. The average Bonchev–Trinajstić information content (AvgIpc) is 2.96. The first-order valence-corrected chi connectivity index (χ1v) is 7.41. The van der Waals surface area contributed by atoms with E-state index in [0.29, 0.717) is 0 Å². The molecule has 128 valence electrons. The molecule has 1 fully saturated rings. The topological polar surface area (TPSA) is 126 Å². The predicted octanol–water partition coefficient (Wildman–Crippen LogP) is -0.126. The van der Waals surface area contributed by atoms with Crippen LogP contribution in [-0.2, 0) is 4.74 Å². The zero-order chi connectivity index (χ0) is 17.6. The van der Waals surface area contributed by atoms with Crippen LogP contribution in [0.3, 0.4) is 0 Å². The molecule has 0 radical (unpaired) electrons. The Bertz CT molecular complexity index is 920. The standard InChI is InChI=1S/C13H11Cl2FN4O4/c14-2-1-13(15)8(22)6(4-21)24-11(13)20-3-5(16)7-9(20)18-12(17)19-10(7)23/h3,6,8,11,21-22H,4H2,(H3,17,18,19,23). The van der Waals surface area contributed by atoms with Crippen LogP contribution in [0.15, 0.2) is 11.0 Å². The van der Waals surface area contributed by atoms with E-state index in [-0.39, 0.29) is 17.0 Å². The molecule has 3 rings (SSSR count). The van der Waals surface area contributed by atoms with E-state index in [0.717, 1.165) is 10.8 Å². The smallest absolute Gasteiger partial charge is 0.264 e. The summed E-state index contributed by atoms with van der Waals surface area (Å²) in [5.74, 6) is 1.26. The second-order valence-corrected chi connectivity index (χ2v) is 5.99. The maximum absolute atomic E-state index is 14.2. The number of aliphatic hydroxyl groups excluding tert-OH is 2. The summed E-state index contributed by atoms with van der Waals surface area (Å²) < 4.78 is 20.7. The maximum atomic E-state index is 14.2. The Hall–Kier alpha value is -1.83. The van der Waals surface area contributed by atoms with Crippen molar-refractivity contribution < 1.29 is 19.3 Å². The van der Waals surface area contributed by atoms with Crippen LogP contribution in [0, 0.1) is 17.1 Å². The van der Waals surface area contributed by atoms with Crippen molar-refractivity contribution in [2.45, 2.75) is 23.3 Å². The fourth-order valence-electron chi connectivity index (χ4n) is 2.68. The highest BCUT2D eigenvalue weighted by Crippen LogP contribution is 2.44. The molecule has 8 nitrogen and oxygen atoms in total. The van der Waals surface area contributed by atoms with Crippen LogP contribution in [0.5, 0.6) is 0 Å². The molecule has 11 heteroatoms. The average molecular weight is 377 g/mol. The molecule has 0 amide bonds. The molecule has 0 bridgehead atoms. The number of fused-ring (bicyclic) bond motifs is 1. The molecule has 4 unspecified atom stereocenters. The summed E-state index contributed by atoms with van der Waals surface area (Å²) in [6.45, 7) is -0.562. The Morgan fingerprint density at radius 3 is 2.96 bits per heavy atom. The number of aromatic amines is 1. The number of hydrogen-bond donors (Lipinski definition) is 4. The summed E-state index contributed by atoms with van der Waals surface area (Å²) in [4.78, 5) is 16.1. The highest BCUT2D eigenvalue weighted by atomic mass is 35.5. The predicted molar refractivity (Wildman–Crippen MR) is 83.9 cm³/mol. The second-order valence-electron chi connectivity index (χ2n) is 5.18. The van der Waals surface area contributed by atoms with Gasteiger partial charge in [0, 0.05) is 11.6 Å². The van der Waals surface area contributed by atoms with E-state index in [2.05, 4.69) is 21.3 Å². The SMILES string of the molecule is Nc1nc2c(c(F)cn2C2OC(CO)C(O)C2(Cl)C#CCl)c(=O)[nH]1. The Morgan fingerprint density at radius 1 is 1.62 bits per heavy atom. The fraction of sp³-hybridized carbons (Fsp3) is 0.385. The van der Waals surface area contributed by atoms with Gasteiger partial charge in [-0.15, -0.1) is 0 Å². The number of hydrogen-bond acceptors (Lipinski definition) is 6. The third-order valence-electron chi connectivity index (χ3n) is 3.77. The molecular formula is C13H11Cl2FN4O4. The quantitative estimate of drug-likeness (QED) is 0.427. The first-order valence-electron chi connectivity index (χ1n) is 6.65. The Morgan fingerprint density at radius 2 is 2.33 bits per heavy atom. The molecule has 2 aromatic rings. The van der Waals surface area contributed by atoms with Crippen LogP contribution in [-0.4, -0.2) is 48.4 Å². The van der Waals surface area contributed by atoms with Gasteiger partial charge in [0.05, 0.1) is 6.61 Å². The molecule has 2 aromatic heterocycles. The highest BCUT2D eigenvalue weighted by molar-refractivity contribution is 6.32. The van der Waals surface area contributed by atoms with Gasteiger partial charge in [-0.2, -0.15) is 4.98 Å². The van der Waals surface area contributed by atoms with Crippen molar-refractivity contribution in [1.29, 1.82) is 0 Å². The van der Waals surface area contributed by atoms with Crippen LogP contribution in [0.25, 0.3) is 11.0 Å². The molecule has 0 aromatic carbocycles. The Labute approximate surface area is 143 Å². The minimum atomic E-state index is -1.80. The van der Waals surface area contributed by atoms with Crippen molar-refractivity contribution in [2.24, 2.45) is 0 Å². The number of nitrogens with zero attached hydrogens (tertiary/aromatic N) is 2. The normalized spacial score (nSPS) is 29.6. The van der Waals surface area contributed by atoms with E-state index in [1.165, 1.54) is 0 Å². The molecule has 0 spiro atoms. The number of H-pyrrole nitrogens is 1. The van der Waals surface area contributed by atoms with Gasteiger partial charge in [0.15, 0.2) is 22.6 Å². The maximum Gasteiger partial charge on any atom is 0.264 e. The number of halogens is 3. The molecule has 0 aliphatic carbocycles. The number of rotatable bonds is 2. The molecule has 1 saturated heterocycles. The van der Waals surface area contributed by atoms with Crippen molar-refractivity contribution in [1.82, 2.24) is 14.5 Å². The lowest BCUT2D eigenvalue weighted by Crippen LogP contribution is -2.41. The molecule has 4 atom stereocenters. The number of nitrogens with one attached hydrogen (secondary N) is 1. The zero-order valence-corrected chi connectivity index (χ0v) is 13.3. The van der Waals surface area contributed by atoms with Gasteiger partial charge in [0.2, 0.25) is 5.95 Å². The summed E-state index contributed by atoms with van der Waals surface area (Å²) in [5, 5.41) is 21.3. The van der Waals surface area contributed by atoms with E-state index in [1.807, 2.05) is 0 Å². The largest absolute Gasteiger partial charge is 0.394 e. The number of nitrogens with two attached hydrogens (primary N) is 1. The van der Waals surface area contributed by atoms with Gasteiger partial charge in [-0.1, -0.05) is 17.5 Å². The van der Waals surface area contributed by atoms with E-state index in [9.17, 15) is 19.4 Å². The van der Waals surface area contributed by atoms with Gasteiger partial charge in [0.1, 0.15) is 17.6 Å².